The molecular weight excluding hydrogens is 342 g/mol. The van der Waals surface area contributed by atoms with E-state index in [0.717, 1.165) is 35.4 Å². The number of aromatic nitrogens is 2. The van der Waals surface area contributed by atoms with Crippen molar-refractivity contribution in [1.29, 1.82) is 0 Å². The van der Waals surface area contributed by atoms with Crippen LogP contribution in [0.15, 0.2) is 23.0 Å². The summed E-state index contributed by atoms with van der Waals surface area (Å²) >= 11 is 1.71. The number of hydrogen-bond donors (Lipinski definition) is 1. The predicted molar refractivity (Wildman–Crippen MR) is 108 cm³/mol. The Morgan fingerprint density at radius 2 is 2.00 bits per heavy atom. The number of hydrogen-bond acceptors (Lipinski definition) is 4. The van der Waals surface area contributed by atoms with Crippen molar-refractivity contribution in [2.24, 2.45) is 0 Å². The minimum absolute atomic E-state index is 0.0318. The van der Waals surface area contributed by atoms with Crippen LogP contribution in [0.2, 0.25) is 0 Å². The van der Waals surface area contributed by atoms with Crippen molar-refractivity contribution in [3.8, 4) is 0 Å². The highest BCUT2D eigenvalue weighted by molar-refractivity contribution is 7.18. The Hall–Kier alpha value is -1.98. The molecule has 2 aromatic heterocycles. The van der Waals surface area contributed by atoms with Gasteiger partial charge in [0.1, 0.15) is 10.7 Å². The quantitative estimate of drug-likeness (QED) is 0.755. The van der Waals surface area contributed by atoms with Gasteiger partial charge in [0.2, 0.25) is 0 Å². The highest BCUT2D eigenvalue weighted by Crippen LogP contribution is 2.33. The minimum atomic E-state index is 0.0318. The standard InChI is InChI=1S/C21H25N3OS/c1-13-8-9-15(14(2)10-13)11-24(3)12-18-22-20(25)19-16-6-4-5-7-17(16)26-21(19)23-18/h8-10H,4-7,11-12H2,1-3H3,(H,22,23,25). The van der Waals surface area contributed by atoms with Crippen molar-refractivity contribution in [1.82, 2.24) is 14.9 Å². The lowest BCUT2D eigenvalue weighted by atomic mass is 9.97. The Labute approximate surface area is 157 Å². The highest BCUT2D eigenvalue weighted by Gasteiger charge is 2.20. The molecular formula is C21H25N3OS. The summed E-state index contributed by atoms with van der Waals surface area (Å²) in [5, 5.41) is 0.838. The SMILES string of the molecule is Cc1ccc(CN(C)Cc2nc3sc4c(c3c(=O)[nH]2)CCCC4)c(C)c1. The first-order valence-electron chi connectivity index (χ1n) is 9.29. The topological polar surface area (TPSA) is 49.0 Å². The van der Waals surface area contributed by atoms with Crippen LogP contribution in [0.3, 0.4) is 0 Å². The third-order valence-corrected chi connectivity index (χ3v) is 6.42. The van der Waals surface area contributed by atoms with Gasteiger partial charge >= 0.3 is 0 Å². The van der Waals surface area contributed by atoms with Crippen LogP contribution in [-0.2, 0) is 25.9 Å². The summed E-state index contributed by atoms with van der Waals surface area (Å²) in [6.07, 6.45) is 4.52. The molecule has 4 rings (SSSR count). The summed E-state index contributed by atoms with van der Waals surface area (Å²) in [6.45, 7) is 5.75. The summed E-state index contributed by atoms with van der Waals surface area (Å²) in [7, 11) is 2.07. The van der Waals surface area contributed by atoms with Crippen LogP contribution in [0.25, 0.3) is 10.2 Å². The Balaban J connectivity index is 1.58. The first-order valence-corrected chi connectivity index (χ1v) is 10.1. The van der Waals surface area contributed by atoms with E-state index in [1.54, 1.807) is 11.3 Å². The van der Waals surface area contributed by atoms with E-state index in [1.807, 2.05) is 0 Å². The van der Waals surface area contributed by atoms with E-state index in [-0.39, 0.29) is 5.56 Å². The van der Waals surface area contributed by atoms with Crippen LogP contribution in [-0.4, -0.2) is 21.9 Å². The Morgan fingerprint density at radius 1 is 1.19 bits per heavy atom. The van der Waals surface area contributed by atoms with Crippen LogP contribution in [0.4, 0.5) is 0 Å². The third-order valence-electron chi connectivity index (χ3n) is 5.23. The zero-order chi connectivity index (χ0) is 18.3. The van der Waals surface area contributed by atoms with Gasteiger partial charge in [-0.2, -0.15) is 0 Å². The van der Waals surface area contributed by atoms with Gasteiger partial charge in [-0.15, -0.1) is 11.3 Å². The van der Waals surface area contributed by atoms with Crippen molar-refractivity contribution < 1.29 is 0 Å². The van der Waals surface area contributed by atoms with Crippen molar-refractivity contribution in [2.45, 2.75) is 52.6 Å². The highest BCUT2D eigenvalue weighted by atomic mass is 32.1. The fourth-order valence-corrected chi connectivity index (χ4v) is 5.19. The van der Waals surface area contributed by atoms with Crippen molar-refractivity contribution in [2.75, 3.05) is 7.05 Å². The number of nitrogens with one attached hydrogen (secondary N) is 1. The van der Waals surface area contributed by atoms with E-state index in [9.17, 15) is 4.79 Å². The second kappa shape index (κ2) is 6.97. The third kappa shape index (κ3) is 3.33. The second-order valence-electron chi connectivity index (χ2n) is 7.51. The van der Waals surface area contributed by atoms with Gasteiger partial charge in [-0.05, 0) is 63.3 Å². The summed E-state index contributed by atoms with van der Waals surface area (Å²) < 4.78 is 0. The molecule has 2 heterocycles. The first kappa shape index (κ1) is 17.4. The van der Waals surface area contributed by atoms with Gasteiger partial charge < -0.3 is 4.98 Å². The number of rotatable bonds is 4. The Bertz CT molecular complexity index is 1020. The van der Waals surface area contributed by atoms with Gasteiger partial charge in [0.15, 0.2) is 0 Å². The molecule has 4 nitrogen and oxygen atoms in total. The summed E-state index contributed by atoms with van der Waals surface area (Å²) in [4.78, 5) is 24.9. The van der Waals surface area contributed by atoms with Crippen molar-refractivity contribution >= 4 is 21.6 Å². The number of aromatic amines is 1. The average molecular weight is 368 g/mol. The molecule has 0 aliphatic heterocycles. The molecule has 0 amide bonds. The van der Waals surface area contributed by atoms with E-state index >= 15 is 0 Å². The van der Waals surface area contributed by atoms with Crippen molar-refractivity contribution in [3.05, 3.63) is 61.5 Å². The van der Waals surface area contributed by atoms with Crippen LogP contribution in [0, 0.1) is 13.8 Å². The number of H-pyrrole nitrogens is 1. The summed E-state index contributed by atoms with van der Waals surface area (Å²) in [5.74, 6) is 0.758. The maximum absolute atomic E-state index is 12.7. The first-order chi connectivity index (χ1) is 12.5. The zero-order valence-electron chi connectivity index (χ0n) is 15.7. The fraction of sp³-hybridized carbons (Fsp3) is 0.429. The average Bonchev–Trinajstić information content (AvgIpc) is 2.96. The number of fused-ring (bicyclic) bond motifs is 3. The van der Waals surface area contributed by atoms with Gasteiger partial charge in [0.05, 0.1) is 11.9 Å². The molecule has 3 aromatic rings. The monoisotopic (exact) mass is 367 g/mol. The minimum Gasteiger partial charge on any atom is -0.309 e. The molecule has 0 saturated heterocycles. The molecule has 26 heavy (non-hydrogen) atoms. The summed E-state index contributed by atoms with van der Waals surface area (Å²) in [5.41, 5.74) is 5.18. The normalized spacial score (nSPS) is 14.2. The molecule has 1 aliphatic carbocycles. The maximum atomic E-state index is 12.7. The molecule has 0 unspecified atom stereocenters. The van der Waals surface area contributed by atoms with E-state index in [4.69, 9.17) is 4.98 Å². The fourth-order valence-electron chi connectivity index (χ4n) is 3.91. The number of benzene rings is 1. The van der Waals surface area contributed by atoms with E-state index in [2.05, 4.69) is 49.0 Å². The van der Waals surface area contributed by atoms with E-state index in [0.29, 0.717) is 6.54 Å². The van der Waals surface area contributed by atoms with Gasteiger partial charge in [-0.25, -0.2) is 4.98 Å². The van der Waals surface area contributed by atoms with E-state index < -0.39 is 0 Å². The maximum Gasteiger partial charge on any atom is 0.259 e. The molecule has 0 spiro atoms. The number of nitrogens with zero attached hydrogens (tertiary/aromatic N) is 2. The van der Waals surface area contributed by atoms with Crippen LogP contribution < -0.4 is 5.56 Å². The molecule has 1 aliphatic rings. The van der Waals surface area contributed by atoms with Gasteiger partial charge in [0.25, 0.3) is 5.56 Å². The predicted octanol–water partition coefficient (Wildman–Crippen LogP) is 4.11. The second-order valence-corrected chi connectivity index (χ2v) is 8.59. The lowest BCUT2D eigenvalue weighted by Gasteiger charge is -2.17. The number of thiophene rings is 1. The Kier molecular flexibility index (Phi) is 4.67. The van der Waals surface area contributed by atoms with Crippen LogP contribution in [0.5, 0.6) is 0 Å². The Morgan fingerprint density at radius 3 is 2.81 bits per heavy atom. The lowest BCUT2D eigenvalue weighted by Crippen LogP contribution is -2.22. The van der Waals surface area contributed by atoms with Crippen LogP contribution in [0.1, 0.15) is 45.8 Å². The molecule has 1 N–H and O–H groups in total. The van der Waals surface area contributed by atoms with Gasteiger partial charge in [-0.1, -0.05) is 23.8 Å². The smallest absolute Gasteiger partial charge is 0.259 e. The van der Waals surface area contributed by atoms with Gasteiger partial charge in [-0.3, -0.25) is 9.69 Å². The van der Waals surface area contributed by atoms with E-state index in [1.165, 1.54) is 40.0 Å². The molecule has 0 fully saturated rings. The molecule has 5 heteroatoms. The van der Waals surface area contributed by atoms with Crippen LogP contribution >= 0.6 is 11.3 Å². The lowest BCUT2D eigenvalue weighted by molar-refractivity contribution is 0.310. The molecule has 0 bridgehead atoms. The molecule has 1 aromatic carbocycles. The zero-order valence-corrected chi connectivity index (χ0v) is 16.5. The van der Waals surface area contributed by atoms with Crippen molar-refractivity contribution in [3.63, 3.8) is 0 Å². The largest absolute Gasteiger partial charge is 0.309 e. The number of aryl methyl sites for hydroxylation is 4. The molecule has 136 valence electrons. The molecule has 0 radical (unpaired) electrons. The summed E-state index contributed by atoms with van der Waals surface area (Å²) in [6, 6.07) is 6.55. The molecule has 0 atom stereocenters. The molecule has 0 saturated carbocycles. The van der Waals surface area contributed by atoms with Gasteiger partial charge in [0, 0.05) is 11.4 Å².